The van der Waals surface area contributed by atoms with E-state index < -0.39 is 10.0 Å². The van der Waals surface area contributed by atoms with E-state index in [1.54, 1.807) is 6.92 Å². The molecule has 0 aliphatic rings. The van der Waals surface area contributed by atoms with E-state index in [1.165, 1.54) is 29.2 Å². The Morgan fingerprint density at radius 2 is 1.67 bits per heavy atom. The molecule has 0 bridgehead atoms. The van der Waals surface area contributed by atoms with E-state index in [0.29, 0.717) is 5.56 Å². The highest BCUT2D eigenvalue weighted by Crippen LogP contribution is 2.12. The molecule has 0 spiro atoms. The lowest BCUT2D eigenvalue weighted by Crippen LogP contribution is -2.35. The van der Waals surface area contributed by atoms with E-state index in [-0.39, 0.29) is 43.7 Å². The zero-order chi connectivity index (χ0) is 15.9. The van der Waals surface area contributed by atoms with Gasteiger partial charge in [0, 0.05) is 25.2 Å². The number of carbonyl (C=O) groups is 1. The van der Waals surface area contributed by atoms with Crippen LogP contribution in [0.1, 0.15) is 17.3 Å². The molecular formula is C13H20N2O5S. The molecule has 118 valence electrons. The van der Waals surface area contributed by atoms with Gasteiger partial charge in [-0.3, -0.25) is 4.79 Å². The second kappa shape index (κ2) is 8.08. The van der Waals surface area contributed by atoms with Crippen molar-refractivity contribution in [2.75, 3.05) is 32.8 Å². The van der Waals surface area contributed by atoms with Gasteiger partial charge in [-0.25, -0.2) is 13.1 Å². The SMILES string of the molecule is CCNS(=O)(=O)c1ccc(C(=O)N(CCO)CCO)cc1. The lowest BCUT2D eigenvalue weighted by Gasteiger charge is -2.20. The number of aliphatic hydroxyl groups excluding tert-OH is 2. The van der Waals surface area contributed by atoms with Crippen LogP contribution in [-0.2, 0) is 10.0 Å². The van der Waals surface area contributed by atoms with Gasteiger partial charge in [0.25, 0.3) is 5.91 Å². The fourth-order valence-corrected chi connectivity index (χ4v) is 2.83. The highest BCUT2D eigenvalue weighted by Gasteiger charge is 2.17. The van der Waals surface area contributed by atoms with Crippen LogP contribution < -0.4 is 4.72 Å². The van der Waals surface area contributed by atoms with Crippen LogP contribution in [0.25, 0.3) is 0 Å². The molecule has 1 amide bonds. The van der Waals surface area contributed by atoms with Crippen molar-refractivity contribution in [2.24, 2.45) is 0 Å². The maximum Gasteiger partial charge on any atom is 0.254 e. The first kappa shape index (κ1) is 17.6. The van der Waals surface area contributed by atoms with Gasteiger partial charge in [0.15, 0.2) is 0 Å². The summed E-state index contributed by atoms with van der Waals surface area (Å²) in [5.74, 6) is -0.370. The largest absolute Gasteiger partial charge is 0.395 e. The third-order valence-electron chi connectivity index (χ3n) is 2.77. The third kappa shape index (κ3) is 4.78. The average Bonchev–Trinajstić information content (AvgIpc) is 2.46. The minimum Gasteiger partial charge on any atom is -0.395 e. The van der Waals surface area contributed by atoms with Crippen molar-refractivity contribution in [3.05, 3.63) is 29.8 Å². The van der Waals surface area contributed by atoms with Crippen molar-refractivity contribution >= 4 is 15.9 Å². The van der Waals surface area contributed by atoms with Gasteiger partial charge in [0.2, 0.25) is 10.0 Å². The normalized spacial score (nSPS) is 11.4. The molecule has 7 nitrogen and oxygen atoms in total. The summed E-state index contributed by atoms with van der Waals surface area (Å²) in [6, 6.07) is 5.52. The Kier molecular flexibility index (Phi) is 6.76. The summed E-state index contributed by atoms with van der Waals surface area (Å²) in [6.45, 7) is 1.76. The van der Waals surface area contributed by atoms with E-state index >= 15 is 0 Å². The van der Waals surface area contributed by atoms with Crippen LogP contribution in [0.2, 0.25) is 0 Å². The molecule has 1 rings (SSSR count). The van der Waals surface area contributed by atoms with E-state index in [1.807, 2.05) is 0 Å². The molecule has 21 heavy (non-hydrogen) atoms. The number of rotatable bonds is 8. The maximum atomic E-state index is 12.2. The van der Waals surface area contributed by atoms with Gasteiger partial charge in [0.1, 0.15) is 0 Å². The standard InChI is InChI=1S/C13H20N2O5S/c1-2-14-21(19,20)12-5-3-11(4-6-12)13(18)15(7-9-16)8-10-17/h3-6,14,16-17H,2,7-10H2,1H3. The van der Waals surface area contributed by atoms with Crippen LogP contribution in [-0.4, -0.2) is 62.3 Å². The molecular weight excluding hydrogens is 296 g/mol. The Balaban J connectivity index is 2.93. The monoisotopic (exact) mass is 316 g/mol. The summed E-state index contributed by atoms with van der Waals surface area (Å²) in [4.78, 5) is 13.5. The van der Waals surface area contributed by atoms with Crippen molar-refractivity contribution in [2.45, 2.75) is 11.8 Å². The number of sulfonamides is 1. The molecule has 0 unspecified atom stereocenters. The maximum absolute atomic E-state index is 12.2. The van der Waals surface area contributed by atoms with Gasteiger partial charge < -0.3 is 15.1 Å². The van der Waals surface area contributed by atoms with Crippen LogP contribution in [0.3, 0.4) is 0 Å². The van der Waals surface area contributed by atoms with Gasteiger partial charge in [0.05, 0.1) is 18.1 Å². The zero-order valence-corrected chi connectivity index (χ0v) is 12.6. The lowest BCUT2D eigenvalue weighted by molar-refractivity contribution is 0.0684. The topological polar surface area (TPSA) is 107 Å². The van der Waals surface area contributed by atoms with Gasteiger partial charge in [-0.15, -0.1) is 0 Å². The molecule has 3 N–H and O–H groups in total. The first-order valence-corrected chi connectivity index (χ1v) is 8.05. The zero-order valence-electron chi connectivity index (χ0n) is 11.8. The van der Waals surface area contributed by atoms with Crippen molar-refractivity contribution < 1.29 is 23.4 Å². The van der Waals surface area contributed by atoms with Gasteiger partial charge in [-0.1, -0.05) is 6.92 Å². The number of carbonyl (C=O) groups excluding carboxylic acids is 1. The van der Waals surface area contributed by atoms with Gasteiger partial charge in [-0.2, -0.15) is 0 Å². The first-order valence-electron chi connectivity index (χ1n) is 6.57. The number of benzene rings is 1. The van der Waals surface area contributed by atoms with E-state index in [9.17, 15) is 13.2 Å². The fraction of sp³-hybridized carbons (Fsp3) is 0.462. The number of hydrogen-bond donors (Lipinski definition) is 3. The molecule has 0 aromatic heterocycles. The molecule has 0 heterocycles. The second-order valence-corrected chi connectivity index (χ2v) is 6.03. The smallest absolute Gasteiger partial charge is 0.254 e. The summed E-state index contributed by atoms with van der Waals surface area (Å²) in [6.07, 6.45) is 0. The van der Waals surface area contributed by atoms with Crippen molar-refractivity contribution in [3.8, 4) is 0 Å². The van der Waals surface area contributed by atoms with E-state index in [4.69, 9.17) is 10.2 Å². The van der Waals surface area contributed by atoms with Crippen molar-refractivity contribution in [3.63, 3.8) is 0 Å². The predicted molar refractivity (Wildman–Crippen MR) is 77.4 cm³/mol. The van der Waals surface area contributed by atoms with Crippen LogP contribution in [0, 0.1) is 0 Å². The summed E-state index contributed by atoms with van der Waals surface area (Å²) >= 11 is 0. The van der Waals surface area contributed by atoms with Crippen molar-refractivity contribution in [1.82, 2.24) is 9.62 Å². The Morgan fingerprint density at radius 1 is 1.14 bits per heavy atom. The Hall–Kier alpha value is -1.48. The van der Waals surface area contributed by atoms with Gasteiger partial charge >= 0.3 is 0 Å². The van der Waals surface area contributed by atoms with E-state index in [0.717, 1.165) is 0 Å². The molecule has 0 saturated heterocycles. The van der Waals surface area contributed by atoms with Crippen LogP contribution in [0.4, 0.5) is 0 Å². The molecule has 8 heteroatoms. The Bertz CT molecular complexity index is 550. The Morgan fingerprint density at radius 3 is 2.10 bits per heavy atom. The minimum absolute atomic E-state index is 0.0803. The molecule has 0 atom stereocenters. The molecule has 0 aliphatic carbocycles. The summed E-state index contributed by atoms with van der Waals surface area (Å²) < 4.78 is 25.9. The summed E-state index contributed by atoms with van der Waals surface area (Å²) in [5, 5.41) is 17.8. The molecule has 0 saturated carbocycles. The second-order valence-electron chi connectivity index (χ2n) is 4.27. The fourth-order valence-electron chi connectivity index (χ4n) is 1.79. The molecule has 0 aliphatic heterocycles. The molecule has 0 radical (unpaired) electrons. The third-order valence-corrected chi connectivity index (χ3v) is 4.33. The van der Waals surface area contributed by atoms with Crippen LogP contribution >= 0.6 is 0 Å². The first-order chi connectivity index (χ1) is 9.96. The number of hydrogen-bond acceptors (Lipinski definition) is 5. The quantitative estimate of drug-likeness (QED) is 0.594. The van der Waals surface area contributed by atoms with Gasteiger partial charge in [-0.05, 0) is 24.3 Å². The van der Waals surface area contributed by atoms with Crippen LogP contribution in [0.15, 0.2) is 29.2 Å². The molecule has 0 fully saturated rings. The highest BCUT2D eigenvalue weighted by atomic mass is 32.2. The lowest BCUT2D eigenvalue weighted by atomic mass is 10.2. The number of amides is 1. The summed E-state index contributed by atoms with van der Waals surface area (Å²) in [5.41, 5.74) is 0.298. The van der Waals surface area contributed by atoms with E-state index in [2.05, 4.69) is 4.72 Å². The number of aliphatic hydroxyl groups is 2. The predicted octanol–water partition coefficient (Wildman–Crippen LogP) is -0.588. The van der Waals surface area contributed by atoms with Crippen molar-refractivity contribution in [1.29, 1.82) is 0 Å². The highest BCUT2D eigenvalue weighted by molar-refractivity contribution is 7.89. The minimum atomic E-state index is -3.55. The summed E-state index contributed by atoms with van der Waals surface area (Å²) in [7, 11) is -3.55. The Labute approximate surface area is 124 Å². The molecule has 1 aromatic carbocycles. The average molecular weight is 316 g/mol. The molecule has 1 aromatic rings. The number of nitrogens with zero attached hydrogens (tertiary/aromatic N) is 1. The number of nitrogens with one attached hydrogen (secondary N) is 1. The van der Waals surface area contributed by atoms with Crippen LogP contribution in [0.5, 0.6) is 0 Å².